The number of hydrogen-bond donors (Lipinski definition) is 1. The molecule has 0 saturated carbocycles. The van der Waals surface area contributed by atoms with Crippen LogP contribution in [0.15, 0.2) is 18.2 Å². The maximum atomic E-state index is 12.1. The van der Waals surface area contributed by atoms with Gasteiger partial charge in [-0.3, -0.25) is 0 Å². The highest BCUT2D eigenvalue weighted by Crippen LogP contribution is 2.19. The first kappa shape index (κ1) is 7.85. The Morgan fingerprint density at radius 1 is 1.55 bits per heavy atom. The molecule has 0 aliphatic carbocycles. The summed E-state index contributed by atoms with van der Waals surface area (Å²) in [6, 6.07) is 4.91. The van der Waals surface area contributed by atoms with Gasteiger partial charge < -0.3 is 10.5 Å². The number of halogens is 1. The summed E-state index contributed by atoms with van der Waals surface area (Å²) in [5.74, 6) is 0.653. The second-order valence-corrected chi connectivity index (χ2v) is 2.20. The van der Waals surface area contributed by atoms with Crippen LogP contribution < -0.4 is 10.5 Å². The summed E-state index contributed by atoms with van der Waals surface area (Å²) in [6.45, 7) is -0.532. The summed E-state index contributed by atoms with van der Waals surface area (Å²) in [4.78, 5) is 0. The molecule has 60 valence electrons. The van der Waals surface area contributed by atoms with Crippen molar-refractivity contribution >= 4 is 5.69 Å². The lowest BCUT2D eigenvalue weighted by atomic mass is 10.2. The van der Waals surface area contributed by atoms with Gasteiger partial charge in [-0.25, -0.2) is 4.39 Å². The minimum absolute atomic E-state index is 0.437. The maximum Gasteiger partial charge on any atom is 0.120 e. The van der Waals surface area contributed by atoms with E-state index in [1.807, 2.05) is 0 Å². The molecule has 1 aromatic carbocycles. The Labute approximate surface area is 64.8 Å². The van der Waals surface area contributed by atoms with E-state index < -0.39 is 6.67 Å². The average molecular weight is 155 g/mol. The highest BCUT2D eigenvalue weighted by Gasteiger charge is 1.98. The van der Waals surface area contributed by atoms with Gasteiger partial charge in [0.2, 0.25) is 0 Å². The van der Waals surface area contributed by atoms with Crippen LogP contribution in [0.4, 0.5) is 10.1 Å². The second kappa shape index (κ2) is 3.23. The van der Waals surface area contributed by atoms with E-state index in [9.17, 15) is 4.39 Å². The fourth-order valence-electron chi connectivity index (χ4n) is 0.822. The standard InChI is InChI=1S/C8H10FNO/c1-11-7-3-2-6(5-9)8(10)4-7/h2-4H,5,10H2,1H3. The SMILES string of the molecule is COc1ccc(CF)c(N)c1. The number of ether oxygens (including phenoxy) is 1. The number of methoxy groups -OCH3 is 1. The van der Waals surface area contributed by atoms with Gasteiger partial charge in [-0.05, 0) is 6.07 Å². The lowest BCUT2D eigenvalue weighted by Gasteiger charge is -2.03. The summed E-state index contributed by atoms with van der Waals surface area (Å²) in [5.41, 5.74) is 6.43. The minimum Gasteiger partial charge on any atom is -0.497 e. The molecule has 0 atom stereocenters. The first-order chi connectivity index (χ1) is 5.27. The number of benzene rings is 1. The van der Waals surface area contributed by atoms with Gasteiger partial charge in [0.05, 0.1) is 7.11 Å². The van der Waals surface area contributed by atoms with Crippen molar-refractivity contribution in [1.29, 1.82) is 0 Å². The van der Waals surface area contributed by atoms with Gasteiger partial charge in [-0.2, -0.15) is 0 Å². The van der Waals surface area contributed by atoms with Crippen molar-refractivity contribution in [2.45, 2.75) is 6.67 Å². The van der Waals surface area contributed by atoms with Crippen molar-refractivity contribution in [3.05, 3.63) is 23.8 Å². The number of nitrogens with two attached hydrogens (primary N) is 1. The van der Waals surface area contributed by atoms with Crippen LogP contribution in [0.25, 0.3) is 0 Å². The van der Waals surface area contributed by atoms with E-state index in [0.29, 0.717) is 17.0 Å². The normalized spacial score (nSPS) is 9.64. The zero-order valence-corrected chi connectivity index (χ0v) is 6.30. The Hall–Kier alpha value is -1.25. The van der Waals surface area contributed by atoms with Crippen molar-refractivity contribution in [2.75, 3.05) is 12.8 Å². The van der Waals surface area contributed by atoms with E-state index in [-0.39, 0.29) is 0 Å². The molecule has 1 aromatic rings. The van der Waals surface area contributed by atoms with Crippen molar-refractivity contribution in [3.63, 3.8) is 0 Å². The second-order valence-electron chi connectivity index (χ2n) is 2.20. The Balaban J connectivity index is 2.99. The van der Waals surface area contributed by atoms with Crippen molar-refractivity contribution in [2.24, 2.45) is 0 Å². The Morgan fingerprint density at radius 2 is 2.27 bits per heavy atom. The smallest absolute Gasteiger partial charge is 0.120 e. The van der Waals surface area contributed by atoms with Gasteiger partial charge in [-0.1, -0.05) is 6.07 Å². The van der Waals surface area contributed by atoms with Gasteiger partial charge in [0.25, 0.3) is 0 Å². The molecule has 11 heavy (non-hydrogen) atoms. The molecule has 0 bridgehead atoms. The zero-order chi connectivity index (χ0) is 8.27. The van der Waals surface area contributed by atoms with Crippen molar-refractivity contribution in [3.8, 4) is 5.75 Å². The molecule has 0 unspecified atom stereocenters. The van der Waals surface area contributed by atoms with E-state index in [2.05, 4.69) is 0 Å². The zero-order valence-electron chi connectivity index (χ0n) is 6.30. The van der Waals surface area contributed by atoms with Crippen LogP contribution in [-0.4, -0.2) is 7.11 Å². The summed E-state index contributed by atoms with van der Waals surface area (Å²) in [5, 5.41) is 0. The first-order valence-corrected chi connectivity index (χ1v) is 3.26. The largest absolute Gasteiger partial charge is 0.497 e. The summed E-state index contributed by atoms with van der Waals surface area (Å²) < 4.78 is 17.0. The molecule has 0 heterocycles. The molecule has 0 fully saturated rings. The van der Waals surface area contributed by atoms with Crippen molar-refractivity contribution < 1.29 is 9.13 Å². The molecular weight excluding hydrogens is 145 g/mol. The van der Waals surface area contributed by atoms with Gasteiger partial charge in [-0.15, -0.1) is 0 Å². The molecular formula is C8H10FNO. The third-order valence-corrected chi connectivity index (χ3v) is 1.50. The van der Waals surface area contributed by atoms with Crippen LogP contribution in [0.2, 0.25) is 0 Å². The Morgan fingerprint density at radius 3 is 2.73 bits per heavy atom. The quantitative estimate of drug-likeness (QED) is 0.660. The summed E-state index contributed by atoms with van der Waals surface area (Å²) in [6.07, 6.45) is 0. The first-order valence-electron chi connectivity index (χ1n) is 3.26. The molecule has 0 saturated heterocycles. The van der Waals surface area contributed by atoms with Crippen LogP contribution in [0.3, 0.4) is 0 Å². The van der Waals surface area contributed by atoms with Crippen LogP contribution in [-0.2, 0) is 6.67 Å². The van der Waals surface area contributed by atoms with Crippen molar-refractivity contribution in [1.82, 2.24) is 0 Å². The van der Waals surface area contributed by atoms with Crippen LogP contribution in [0.1, 0.15) is 5.56 Å². The number of rotatable bonds is 2. The highest BCUT2D eigenvalue weighted by molar-refractivity contribution is 5.50. The summed E-state index contributed by atoms with van der Waals surface area (Å²) in [7, 11) is 1.55. The van der Waals surface area contributed by atoms with E-state index >= 15 is 0 Å². The van der Waals surface area contributed by atoms with Crippen LogP contribution in [0.5, 0.6) is 5.75 Å². The third kappa shape index (κ3) is 1.61. The molecule has 0 amide bonds. The molecule has 3 heteroatoms. The van der Waals surface area contributed by atoms with Gasteiger partial charge >= 0.3 is 0 Å². The van der Waals surface area contributed by atoms with Crippen LogP contribution >= 0.6 is 0 Å². The molecule has 0 aliphatic rings. The van der Waals surface area contributed by atoms with Gasteiger partial charge in [0, 0.05) is 17.3 Å². The van der Waals surface area contributed by atoms with E-state index in [0.717, 1.165) is 0 Å². The average Bonchev–Trinajstić information content (AvgIpc) is 2.04. The van der Waals surface area contributed by atoms with E-state index in [4.69, 9.17) is 10.5 Å². The van der Waals surface area contributed by atoms with Crippen LogP contribution in [0, 0.1) is 0 Å². The molecule has 0 aliphatic heterocycles. The van der Waals surface area contributed by atoms with Gasteiger partial charge in [0.1, 0.15) is 12.4 Å². The highest BCUT2D eigenvalue weighted by atomic mass is 19.1. The molecule has 2 N–H and O–H groups in total. The molecule has 0 radical (unpaired) electrons. The molecule has 0 aromatic heterocycles. The fourth-order valence-corrected chi connectivity index (χ4v) is 0.822. The Kier molecular flexibility index (Phi) is 2.31. The molecule has 2 nitrogen and oxygen atoms in total. The third-order valence-electron chi connectivity index (χ3n) is 1.50. The summed E-state index contributed by atoms with van der Waals surface area (Å²) >= 11 is 0. The lowest BCUT2D eigenvalue weighted by Crippen LogP contribution is -1.93. The Bertz CT molecular complexity index is 250. The number of anilines is 1. The predicted molar refractivity (Wildman–Crippen MR) is 42.2 cm³/mol. The van der Waals surface area contributed by atoms with E-state index in [1.165, 1.54) is 0 Å². The fraction of sp³-hybridized carbons (Fsp3) is 0.250. The monoisotopic (exact) mass is 155 g/mol. The number of nitrogen functional groups attached to an aromatic ring is 1. The molecule has 1 rings (SSSR count). The topological polar surface area (TPSA) is 35.2 Å². The lowest BCUT2D eigenvalue weighted by molar-refractivity contribution is 0.414. The number of alkyl halides is 1. The number of hydrogen-bond acceptors (Lipinski definition) is 2. The maximum absolute atomic E-state index is 12.1. The molecule has 0 spiro atoms. The van der Waals surface area contributed by atoms with E-state index in [1.54, 1.807) is 25.3 Å². The minimum atomic E-state index is -0.532. The predicted octanol–water partition coefficient (Wildman–Crippen LogP) is 1.75. The van der Waals surface area contributed by atoms with Gasteiger partial charge in [0.15, 0.2) is 0 Å².